The number of sulfone groups is 1. The summed E-state index contributed by atoms with van der Waals surface area (Å²) >= 11 is 0. The average molecular weight is 519 g/mol. The molecule has 2 amide bonds. The summed E-state index contributed by atoms with van der Waals surface area (Å²) in [6.07, 6.45) is -0.672. The number of carbonyl (C=O) groups is 2. The summed E-state index contributed by atoms with van der Waals surface area (Å²) < 4.78 is 36.8. The van der Waals surface area contributed by atoms with Gasteiger partial charge < -0.3 is 14.4 Å². The molecule has 0 aromatic heterocycles. The highest BCUT2D eigenvalue weighted by molar-refractivity contribution is 7.92. The molecule has 9 nitrogen and oxygen atoms in total. The minimum atomic E-state index is -3.95. The van der Waals surface area contributed by atoms with Crippen molar-refractivity contribution in [2.24, 2.45) is 0 Å². The molecule has 1 N–H and O–H groups in total. The number of nitrogens with zero attached hydrogens (tertiary/aromatic N) is 1. The Morgan fingerprint density at radius 1 is 1.00 bits per heavy atom. The van der Waals surface area contributed by atoms with Crippen molar-refractivity contribution < 1.29 is 32.3 Å². The van der Waals surface area contributed by atoms with Crippen LogP contribution in [0.25, 0.3) is 0 Å². The van der Waals surface area contributed by atoms with Gasteiger partial charge in [0.25, 0.3) is 0 Å². The average Bonchev–Trinajstić information content (AvgIpc) is 2.86. The first-order chi connectivity index (χ1) is 17.0. The first-order valence-electron chi connectivity index (χ1n) is 11.8. The zero-order valence-corrected chi connectivity index (χ0v) is 22.0. The van der Waals surface area contributed by atoms with Gasteiger partial charge in [0.15, 0.2) is 9.84 Å². The number of rotatable bonds is 8. The third-order valence-corrected chi connectivity index (χ3v) is 8.62. The van der Waals surface area contributed by atoms with E-state index in [4.69, 9.17) is 14.3 Å². The van der Waals surface area contributed by atoms with Crippen molar-refractivity contribution in [3.8, 4) is 5.75 Å². The summed E-state index contributed by atoms with van der Waals surface area (Å²) in [7, 11) is -2.46. The summed E-state index contributed by atoms with van der Waals surface area (Å²) in [5.41, 5.74) is 2.60. The first kappa shape index (κ1) is 27.5. The van der Waals surface area contributed by atoms with E-state index in [0.29, 0.717) is 5.75 Å². The number of methoxy groups -OCH3 is 1. The standard InChI is InChI=1S/C26H34N2O7S/c1-25(2,3)35-27-23(29)18-26(36(31,32)22-12-10-21(33-4)11-13-22)14-16-28(17-15-26)24(30)34-19-20-8-6-5-7-9-20/h5-13H,14-19H2,1-4H3,(H,27,29). The van der Waals surface area contributed by atoms with Gasteiger partial charge in [0.1, 0.15) is 12.4 Å². The highest BCUT2D eigenvalue weighted by atomic mass is 32.2. The normalized spacial score (nSPS) is 15.7. The number of hydrogen-bond donors (Lipinski definition) is 1. The van der Waals surface area contributed by atoms with Gasteiger partial charge in [-0.1, -0.05) is 30.3 Å². The smallest absolute Gasteiger partial charge is 0.410 e. The summed E-state index contributed by atoms with van der Waals surface area (Å²) in [6.45, 7) is 5.72. The van der Waals surface area contributed by atoms with Crippen LogP contribution >= 0.6 is 0 Å². The molecule has 3 rings (SSSR count). The van der Waals surface area contributed by atoms with Crippen molar-refractivity contribution in [3.05, 3.63) is 60.2 Å². The molecule has 196 valence electrons. The molecule has 10 heteroatoms. The zero-order valence-electron chi connectivity index (χ0n) is 21.2. The van der Waals surface area contributed by atoms with Crippen LogP contribution in [0.15, 0.2) is 59.5 Å². The van der Waals surface area contributed by atoms with Gasteiger partial charge in [-0.3, -0.25) is 9.63 Å². The lowest BCUT2D eigenvalue weighted by atomic mass is 9.92. The molecule has 1 fully saturated rings. The Balaban J connectivity index is 1.77. The molecule has 1 aliphatic heterocycles. The van der Waals surface area contributed by atoms with Gasteiger partial charge in [-0.15, -0.1) is 0 Å². The Kier molecular flexibility index (Phi) is 8.63. The molecule has 0 radical (unpaired) electrons. The summed E-state index contributed by atoms with van der Waals surface area (Å²) in [5, 5.41) is 0. The molecule has 0 unspecified atom stereocenters. The predicted octanol–water partition coefficient (Wildman–Crippen LogP) is 3.88. The second-order valence-electron chi connectivity index (χ2n) is 9.81. The largest absolute Gasteiger partial charge is 0.497 e. The minimum absolute atomic E-state index is 0.0741. The maximum absolute atomic E-state index is 13.8. The van der Waals surface area contributed by atoms with Gasteiger partial charge in [-0.2, -0.15) is 0 Å². The van der Waals surface area contributed by atoms with Gasteiger partial charge >= 0.3 is 6.09 Å². The van der Waals surface area contributed by atoms with E-state index in [-0.39, 0.29) is 43.9 Å². The van der Waals surface area contributed by atoms with Crippen LogP contribution in [0.5, 0.6) is 5.75 Å². The van der Waals surface area contributed by atoms with Crippen LogP contribution in [0.2, 0.25) is 0 Å². The number of piperidine rings is 1. The summed E-state index contributed by atoms with van der Waals surface area (Å²) in [4.78, 5) is 32.4. The van der Waals surface area contributed by atoms with Crippen LogP contribution in [0.4, 0.5) is 4.79 Å². The molecular weight excluding hydrogens is 484 g/mol. The fourth-order valence-electron chi connectivity index (χ4n) is 3.99. The number of amides is 2. The Hall–Kier alpha value is -3.11. The van der Waals surface area contributed by atoms with Gasteiger partial charge in [0, 0.05) is 19.5 Å². The number of ether oxygens (including phenoxy) is 2. The number of nitrogens with one attached hydrogen (secondary N) is 1. The fourth-order valence-corrected chi connectivity index (χ4v) is 6.03. The molecule has 0 aliphatic carbocycles. The Bertz CT molecular complexity index is 1140. The SMILES string of the molecule is COc1ccc(S(=O)(=O)C2(CC(=O)NOC(C)(C)C)CCN(C(=O)OCc3ccccc3)CC2)cc1. The molecule has 0 saturated carbocycles. The van der Waals surface area contributed by atoms with Crippen LogP contribution in [0, 0.1) is 0 Å². The van der Waals surface area contributed by atoms with Crippen molar-refractivity contribution in [2.45, 2.75) is 61.9 Å². The van der Waals surface area contributed by atoms with E-state index in [0.717, 1.165) is 5.56 Å². The maximum Gasteiger partial charge on any atom is 0.410 e. The number of carbonyl (C=O) groups excluding carboxylic acids is 2. The molecule has 36 heavy (non-hydrogen) atoms. The van der Waals surface area contributed by atoms with Crippen molar-refractivity contribution in [1.82, 2.24) is 10.4 Å². The fraction of sp³-hybridized carbons (Fsp3) is 0.462. The number of benzene rings is 2. The Morgan fingerprint density at radius 2 is 1.61 bits per heavy atom. The zero-order chi connectivity index (χ0) is 26.4. The van der Waals surface area contributed by atoms with Crippen molar-refractivity contribution >= 4 is 21.8 Å². The summed E-state index contributed by atoms with van der Waals surface area (Å²) in [5.74, 6) is -0.0163. The van der Waals surface area contributed by atoms with Crippen LogP contribution in [0.3, 0.4) is 0 Å². The molecule has 0 bridgehead atoms. The van der Waals surface area contributed by atoms with Crippen LogP contribution in [-0.4, -0.2) is 55.9 Å². The molecule has 1 saturated heterocycles. The highest BCUT2D eigenvalue weighted by Gasteiger charge is 2.49. The van der Waals surface area contributed by atoms with Crippen molar-refractivity contribution in [1.29, 1.82) is 0 Å². The third-order valence-electron chi connectivity index (χ3n) is 6.03. The molecule has 1 heterocycles. The van der Waals surface area contributed by atoms with Crippen LogP contribution in [-0.2, 0) is 30.8 Å². The van der Waals surface area contributed by atoms with Gasteiger partial charge in [0.05, 0.1) is 22.4 Å². The lowest BCUT2D eigenvalue weighted by Gasteiger charge is -2.40. The second-order valence-corrected chi connectivity index (χ2v) is 12.1. The monoisotopic (exact) mass is 518 g/mol. The van der Waals surface area contributed by atoms with E-state index in [1.54, 1.807) is 32.9 Å². The van der Waals surface area contributed by atoms with Crippen molar-refractivity contribution in [2.75, 3.05) is 20.2 Å². The van der Waals surface area contributed by atoms with E-state index >= 15 is 0 Å². The molecule has 0 spiro atoms. The van der Waals surface area contributed by atoms with E-state index in [9.17, 15) is 18.0 Å². The Morgan fingerprint density at radius 3 is 2.17 bits per heavy atom. The van der Waals surface area contributed by atoms with Crippen LogP contribution < -0.4 is 10.2 Å². The quantitative estimate of drug-likeness (QED) is 0.528. The van der Waals surface area contributed by atoms with Gasteiger partial charge in [-0.25, -0.2) is 18.7 Å². The summed E-state index contributed by atoms with van der Waals surface area (Å²) in [6, 6.07) is 15.4. The predicted molar refractivity (Wildman–Crippen MR) is 134 cm³/mol. The molecule has 1 aliphatic rings. The molecular formula is C26H34N2O7S. The van der Waals surface area contributed by atoms with Gasteiger partial charge in [-0.05, 0) is 63.4 Å². The Labute approximate surface area is 212 Å². The number of hydroxylamine groups is 1. The van der Waals surface area contributed by atoms with E-state index in [1.807, 2.05) is 30.3 Å². The molecule has 2 aromatic rings. The van der Waals surface area contributed by atoms with E-state index < -0.39 is 32.2 Å². The minimum Gasteiger partial charge on any atom is -0.497 e. The second kappa shape index (κ2) is 11.3. The third kappa shape index (κ3) is 6.76. The van der Waals surface area contributed by atoms with E-state index in [2.05, 4.69) is 5.48 Å². The van der Waals surface area contributed by atoms with Gasteiger partial charge in [0.2, 0.25) is 5.91 Å². The lowest BCUT2D eigenvalue weighted by molar-refractivity contribution is -0.146. The topological polar surface area (TPSA) is 111 Å². The first-order valence-corrected chi connectivity index (χ1v) is 13.3. The maximum atomic E-state index is 13.8. The lowest BCUT2D eigenvalue weighted by Crippen LogP contribution is -2.53. The van der Waals surface area contributed by atoms with Crippen LogP contribution in [0.1, 0.15) is 45.6 Å². The highest BCUT2D eigenvalue weighted by Crippen LogP contribution is 2.39. The number of likely N-dealkylation sites (tertiary alicyclic amines) is 1. The van der Waals surface area contributed by atoms with E-state index in [1.165, 1.54) is 24.1 Å². The number of hydrogen-bond acceptors (Lipinski definition) is 7. The molecule has 0 atom stereocenters. The molecule has 2 aromatic carbocycles. The van der Waals surface area contributed by atoms with Crippen molar-refractivity contribution in [3.63, 3.8) is 0 Å².